The summed E-state index contributed by atoms with van der Waals surface area (Å²) in [5.41, 5.74) is 0.427. The first kappa shape index (κ1) is 20.9. The molecule has 0 radical (unpaired) electrons. The fourth-order valence-corrected chi connectivity index (χ4v) is 5.08. The molecular weight excluding hydrogens is 401 g/mol. The lowest BCUT2D eigenvalue weighted by molar-refractivity contribution is 0.0994. The Bertz CT molecular complexity index is 926. The number of nitrogens with zero attached hydrogens (tertiary/aromatic N) is 3. The van der Waals surface area contributed by atoms with Gasteiger partial charge < -0.3 is 4.90 Å². The van der Waals surface area contributed by atoms with Gasteiger partial charge in [0.25, 0.3) is 0 Å². The molecule has 6 nitrogen and oxygen atoms in total. The van der Waals surface area contributed by atoms with Crippen LogP contribution in [-0.4, -0.2) is 66.9 Å². The molecule has 2 aromatic rings. The molecule has 0 aliphatic carbocycles. The van der Waals surface area contributed by atoms with Gasteiger partial charge in [0.05, 0.1) is 10.3 Å². The van der Waals surface area contributed by atoms with E-state index in [1.807, 2.05) is 7.05 Å². The number of halogens is 1. The number of carbonyl (C=O) groups excluding carboxylic acids is 1. The van der Waals surface area contributed by atoms with E-state index < -0.39 is 21.1 Å². The van der Waals surface area contributed by atoms with Gasteiger partial charge in [0, 0.05) is 37.9 Å². The van der Waals surface area contributed by atoms with Gasteiger partial charge in [-0.15, -0.1) is 0 Å². The summed E-state index contributed by atoms with van der Waals surface area (Å²) in [7, 11) is -1.60. The molecule has 0 bridgehead atoms. The predicted octanol–water partition coefficient (Wildman–Crippen LogP) is 2.52. The molecule has 0 amide bonds. The van der Waals surface area contributed by atoms with Crippen molar-refractivity contribution in [3.63, 3.8) is 0 Å². The van der Waals surface area contributed by atoms with Crippen LogP contribution < -0.4 is 0 Å². The Kier molecular flexibility index (Phi) is 6.49. The maximum Gasteiger partial charge on any atom is 0.244 e. The van der Waals surface area contributed by atoms with E-state index in [0.29, 0.717) is 36.8 Å². The number of likely N-dealkylation sites (N-methyl/N-ethyl adjacent to an activating group) is 1. The van der Waals surface area contributed by atoms with E-state index in [4.69, 9.17) is 0 Å². The molecule has 150 valence electrons. The second-order valence-corrected chi connectivity index (χ2v) is 9.97. The molecule has 1 saturated heterocycles. The van der Waals surface area contributed by atoms with Crippen molar-refractivity contribution in [2.45, 2.75) is 22.1 Å². The molecule has 2 heterocycles. The third-order valence-electron chi connectivity index (χ3n) is 4.60. The predicted molar refractivity (Wildman–Crippen MR) is 107 cm³/mol. The van der Waals surface area contributed by atoms with Crippen LogP contribution in [0.25, 0.3) is 0 Å². The van der Waals surface area contributed by atoms with Crippen LogP contribution in [0.5, 0.6) is 0 Å². The Hall–Kier alpha value is -1.81. The first-order valence-corrected chi connectivity index (χ1v) is 11.2. The maximum atomic E-state index is 13.0. The van der Waals surface area contributed by atoms with Crippen molar-refractivity contribution in [3.8, 4) is 0 Å². The van der Waals surface area contributed by atoms with Gasteiger partial charge in [0.2, 0.25) is 10.0 Å². The van der Waals surface area contributed by atoms with Gasteiger partial charge in [-0.3, -0.25) is 4.79 Å². The molecular formula is C19H22FN3O3S2. The minimum absolute atomic E-state index is 0.138. The van der Waals surface area contributed by atoms with E-state index in [2.05, 4.69) is 9.88 Å². The molecule has 0 spiro atoms. The lowest BCUT2D eigenvalue weighted by atomic mass is 10.1. The molecule has 3 rings (SSSR count). The van der Waals surface area contributed by atoms with E-state index in [1.165, 1.54) is 52.6 Å². The van der Waals surface area contributed by atoms with Crippen LogP contribution in [0.3, 0.4) is 0 Å². The average Bonchev–Trinajstić information content (AvgIpc) is 2.69. The van der Waals surface area contributed by atoms with Crippen LogP contribution >= 0.6 is 11.8 Å². The third kappa shape index (κ3) is 4.78. The Labute approximate surface area is 168 Å². The second-order valence-electron chi connectivity index (χ2n) is 6.67. The molecule has 1 aliphatic rings. The minimum atomic E-state index is -3.56. The van der Waals surface area contributed by atoms with E-state index in [9.17, 15) is 17.6 Å². The number of sulfonamides is 1. The van der Waals surface area contributed by atoms with E-state index in [-0.39, 0.29) is 10.7 Å². The summed E-state index contributed by atoms with van der Waals surface area (Å²) in [5.74, 6) is -0.531. The van der Waals surface area contributed by atoms with Crippen molar-refractivity contribution in [2.24, 2.45) is 0 Å². The van der Waals surface area contributed by atoms with Gasteiger partial charge in [-0.05, 0) is 50.4 Å². The molecule has 1 aliphatic heterocycles. The van der Waals surface area contributed by atoms with Gasteiger partial charge >= 0.3 is 0 Å². The number of carbonyl (C=O) groups is 1. The zero-order valence-corrected chi connectivity index (χ0v) is 17.3. The first-order valence-electron chi connectivity index (χ1n) is 8.88. The van der Waals surface area contributed by atoms with Crippen molar-refractivity contribution in [3.05, 3.63) is 54.0 Å². The summed E-state index contributed by atoms with van der Waals surface area (Å²) in [6.45, 7) is 4.05. The molecule has 9 heteroatoms. The Morgan fingerprint density at radius 2 is 1.75 bits per heavy atom. The Morgan fingerprint density at radius 3 is 2.32 bits per heavy atom. The zero-order chi connectivity index (χ0) is 20.3. The smallest absolute Gasteiger partial charge is 0.244 e. The summed E-state index contributed by atoms with van der Waals surface area (Å²) in [5, 5.41) is 0.123. The maximum absolute atomic E-state index is 13.0. The number of hydrogen-bond donors (Lipinski definition) is 0. The van der Waals surface area contributed by atoms with Gasteiger partial charge in [-0.25, -0.2) is 17.8 Å². The number of hydrogen-bond acceptors (Lipinski definition) is 6. The summed E-state index contributed by atoms with van der Waals surface area (Å²) in [4.78, 5) is 18.9. The molecule has 0 unspecified atom stereocenters. The highest BCUT2D eigenvalue weighted by Gasteiger charge is 2.28. The molecule has 1 atom stereocenters. The largest absolute Gasteiger partial charge is 0.304 e. The number of aromatic nitrogens is 1. The fourth-order valence-electron chi connectivity index (χ4n) is 2.85. The van der Waals surface area contributed by atoms with Gasteiger partial charge in [-0.2, -0.15) is 4.31 Å². The number of pyridine rings is 1. The lowest BCUT2D eigenvalue weighted by Gasteiger charge is -2.31. The van der Waals surface area contributed by atoms with Crippen molar-refractivity contribution in [1.29, 1.82) is 0 Å². The first-order chi connectivity index (χ1) is 13.3. The summed E-state index contributed by atoms with van der Waals surface area (Å²) < 4.78 is 39.9. The van der Waals surface area contributed by atoms with Crippen LogP contribution in [0.4, 0.5) is 4.39 Å². The highest BCUT2D eigenvalue weighted by molar-refractivity contribution is 8.00. The summed E-state index contributed by atoms with van der Waals surface area (Å²) >= 11 is 1.24. The third-order valence-corrected chi connectivity index (χ3v) is 7.54. The van der Waals surface area contributed by atoms with Gasteiger partial charge in [-0.1, -0.05) is 11.8 Å². The van der Waals surface area contributed by atoms with Crippen LogP contribution in [-0.2, 0) is 10.0 Å². The zero-order valence-electron chi connectivity index (χ0n) is 15.7. The molecule has 1 aromatic heterocycles. The number of rotatable bonds is 6. The van der Waals surface area contributed by atoms with Gasteiger partial charge in [0.15, 0.2) is 5.78 Å². The highest BCUT2D eigenvalue weighted by Crippen LogP contribution is 2.26. The van der Waals surface area contributed by atoms with Crippen molar-refractivity contribution in [1.82, 2.24) is 14.2 Å². The monoisotopic (exact) mass is 423 g/mol. The van der Waals surface area contributed by atoms with Crippen LogP contribution in [0.15, 0.2) is 52.5 Å². The summed E-state index contributed by atoms with van der Waals surface area (Å²) in [6, 6.07) is 8.55. The van der Waals surface area contributed by atoms with Crippen molar-refractivity contribution in [2.75, 3.05) is 33.2 Å². The second kappa shape index (κ2) is 8.69. The number of piperazine rings is 1. The normalized spacial score (nSPS) is 17.4. The Morgan fingerprint density at radius 1 is 1.11 bits per heavy atom. The Balaban J connectivity index is 1.67. The van der Waals surface area contributed by atoms with E-state index in [0.717, 1.165) is 0 Å². The summed E-state index contributed by atoms with van der Waals surface area (Å²) in [6.07, 6.45) is 1.34. The van der Waals surface area contributed by atoms with Gasteiger partial charge in [0.1, 0.15) is 10.7 Å². The lowest BCUT2D eigenvalue weighted by Crippen LogP contribution is -2.47. The van der Waals surface area contributed by atoms with E-state index >= 15 is 0 Å². The topological polar surface area (TPSA) is 70.6 Å². The minimum Gasteiger partial charge on any atom is -0.304 e. The molecule has 0 N–H and O–H groups in total. The van der Waals surface area contributed by atoms with Crippen LogP contribution in [0, 0.1) is 5.82 Å². The molecule has 0 saturated carbocycles. The molecule has 1 aromatic carbocycles. The average molecular weight is 424 g/mol. The van der Waals surface area contributed by atoms with Crippen LogP contribution in [0.1, 0.15) is 17.3 Å². The quantitative estimate of drug-likeness (QED) is 0.525. The standard InChI is InChI=1S/C19H22FN3O3S2/c1-14(19(24)15-3-5-16(20)6-4-15)27-18-8-7-17(13-21-18)28(25,26)23-11-9-22(2)10-12-23/h3-8,13-14H,9-12H2,1-2H3/t14-/m0/s1. The molecule has 28 heavy (non-hydrogen) atoms. The molecule has 1 fully saturated rings. The van der Waals surface area contributed by atoms with Crippen molar-refractivity contribution < 1.29 is 17.6 Å². The number of ketones is 1. The number of benzene rings is 1. The highest BCUT2D eigenvalue weighted by atomic mass is 32.2. The van der Waals surface area contributed by atoms with Crippen molar-refractivity contribution >= 4 is 27.6 Å². The number of thioether (sulfide) groups is 1. The SMILES string of the molecule is C[C@H](Sc1ccc(S(=O)(=O)N2CCN(C)CC2)cn1)C(=O)c1ccc(F)cc1. The number of Topliss-reactive ketones (excluding diaryl/α,β-unsaturated/α-hetero) is 1. The fraction of sp³-hybridized carbons (Fsp3) is 0.368. The van der Waals surface area contributed by atoms with Crippen LogP contribution in [0.2, 0.25) is 0 Å². The van der Waals surface area contributed by atoms with E-state index in [1.54, 1.807) is 13.0 Å².